The molecule has 0 aromatic heterocycles. The number of hydrogen-bond donors (Lipinski definition) is 2. The Hall–Kier alpha value is -4.40. The van der Waals surface area contributed by atoms with E-state index in [1.807, 2.05) is 20.8 Å². The number of carbonyl (C=O) groups is 4. The topological polar surface area (TPSA) is 103 Å². The van der Waals surface area contributed by atoms with E-state index in [9.17, 15) is 32.3 Å². The van der Waals surface area contributed by atoms with Crippen LogP contribution in [0.25, 0.3) is 4.85 Å². The maximum Gasteiger partial charge on any atom is 0.302 e. The normalized spacial score (nSPS) is 20.6. The molecule has 1 fully saturated rings. The van der Waals surface area contributed by atoms with E-state index in [1.54, 1.807) is 38.1 Å². The average molecular weight is 612 g/mol. The maximum absolute atomic E-state index is 14.3. The standard InChI is InChI=1S/C32H36F3N5O4/c1-17(2)26(38-27(41)18-12-20(33)25(35)21(34)13-18)29(43)39(7)23(14-31(3,4)5)28(42)40-16-32(15-24(40)36-6)19-10-8-9-11-22(19)37-30(32)44/h8-13,17,23-24,26H,14-16H2,1-5,7H3,(H,37,44)(H,38,41)/t23-,24-,26-,32-/m0/s1. The lowest BCUT2D eigenvalue weighted by Crippen LogP contribution is -2.57. The van der Waals surface area contributed by atoms with Crippen molar-refractivity contribution in [1.29, 1.82) is 0 Å². The molecule has 2 aromatic carbocycles. The molecule has 2 aliphatic rings. The van der Waals surface area contributed by atoms with Crippen molar-refractivity contribution in [3.8, 4) is 0 Å². The van der Waals surface area contributed by atoms with Crippen molar-refractivity contribution in [3.05, 3.63) is 76.4 Å². The summed E-state index contributed by atoms with van der Waals surface area (Å²) in [6, 6.07) is 5.94. The summed E-state index contributed by atoms with van der Waals surface area (Å²) in [5.41, 5.74) is -0.740. The van der Waals surface area contributed by atoms with Gasteiger partial charge in [-0.3, -0.25) is 28.9 Å². The van der Waals surface area contributed by atoms with Gasteiger partial charge >= 0.3 is 6.17 Å². The summed E-state index contributed by atoms with van der Waals surface area (Å²) in [4.78, 5) is 60.6. The van der Waals surface area contributed by atoms with Crippen LogP contribution in [0.5, 0.6) is 0 Å². The molecular weight excluding hydrogens is 575 g/mol. The molecule has 2 N–H and O–H groups in total. The van der Waals surface area contributed by atoms with Crippen LogP contribution in [0.15, 0.2) is 36.4 Å². The Labute approximate surface area is 254 Å². The number of hydrogen-bond acceptors (Lipinski definition) is 4. The third-order valence-electron chi connectivity index (χ3n) is 8.26. The molecule has 0 unspecified atom stereocenters. The van der Waals surface area contributed by atoms with Gasteiger partial charge < -0.3 is 15.5 Å². The van der Waals surface area contributed by atoms with Gasteiger partial charge in [0, 0.05) is 24.8 Å². The van der Waals surface area contributed by atoms with Crippen LogP contribution in [0.1, 0.15) is 63.4 Å². The van der Waals surface area contributed by atoms with Gasteiger partial charge in [0.25, 0.3) is 11.8 Å². The van der Waals surface area contributed by atoms with Crippen molar-refractivity contribution >= 4 is 29.3 Å². The van der Waals surface area contributed by atoms with E-state index in [-0.39, 0.29) is 25.3 Å². The minimum atomic E-state index is -1.72. The van der Waals surface area contributed by atoms with Crippen molar-refractivity contribution in [2.75, 3.05) is 18.9 Å². The van der Waals surface area contributed by atoms with Crippen molar-refractivity contribution < 1.29 is 32.3 Å². The largest absolute Gasteiger partial charge is 0.340 e. The fourth-order valence-corrected chi connectivity index (χ4v) is 5.92. The van der Waals surface area contributed by atoms with Crippen LogP contribution >= 0.6 is 0 Å². The summed E-state index contributed by atoms with van der Waals surface area (Å²) < 4.78 is 41.1. The highest BCUT2D eigenvalue weighted by atomic mass is 19.2. The lowest BCUT2D eigenvalue weighted by molar-refractivity contribution is -0.147. The second-order valence-corrected chi connectivity index (χ2v) is 13.0. The molecule has 4 rings (SSSR count). The molecule has 4 atom stereocenters. The van der Waals surface area contributed by atoms with E-state index < -0.39 is 75.7 Å². The predicted octanol–water partition coefficient (Wildman–Crippen LogP) is 4.49. The summed E-state index contributed by atoms with van der Waals surface area (Å²) in [5.74, 6) is -7.78. The van der Waals surface area contributed by atoms with Crippen LogP contribution < -0.4 is 10.6 Å². The van der Waals surface area contributed by atoms with E-state index in [4.69, 9.17) is 6.57 Å². The third kappa shape index (κ3) is 6.00. The quantitative estimate of drug-likeness (QED) is 0.356. The Balaban J connectivity index is 1.63. The zero-order chi connectivity index (χ0) is 32.7. The SMILES string of the molecule is [C-]#[N+][C@@H]1C[C@@]2(CN1C(=O)[C@H](CC(C)(C)C)N(C)C(=O)[C@@H](NC(=O)c1cc(F)c(F)c(F)c1)C(C)C)C(=O)Nc1ccccc12. The van der Waals surface area contributed by atoms with Crippen LogP contribution in [-0.2, 0) is 19.8 Å². The molecule has 2 aliphatic heterocycles. The first-order valence-electron chi connectivity index (χ1n) is 14.3. The zero-order valence-electron chi connectivity index (χ0n) is 25.5. The van der Waals surface area contributed by atoms with Gasteiger partial charge in [-0.2, -0.15) is 0 Å². The number of likely N-dealkylation sites (tertiary alicyclic amines) is 1. The first-order chi connectivity index (χ1) is 20.5. The summed E-state index contributed by atoms with van der Waals surface area (Å²) >= 11 is 0. The van der Waals surface area contributed by atoms with Crippen LogP contribution in [0.4, 0.5) is 18.9 Å². The lowest BCUT2D eigenvalue weighted by atomic mass is 9.80. The minimum absolute atomic E-state index is 0.0452. The first kappa shape index (κ1) is 32.5. The molecule has 234 valence electrons. The number of rotatable bonds is 7. The Morgan fingerprint density at radius 2 is 1.77 bits per heavy atom. The number of fused-ring (bicyclic) bond motifs is 2. The fraction of sp³-hybridized carbons (Fsp3) is 0.469. The van der Waals surface area contributed by atoms with Crippen molar-refractivity contribution in [3.63, 3.8) is 0 Å². The molecule has 2 heterocycles. The summed E-state index contributed by atoms with van der Waals surface area (Å²) in [6.45, 7) is 16.8. The van der Waals surface area contributed by atoms with Crippen LogP contribution in [-0.4, -0.2) is 65.3 Å². The average Bonchev–Trinajstić information content (AvgIpc) is 3.48. The van der Waals surface area contributed by atoms with E-state index in [0.717, 1.165) is 0 Å². The predicted molar refractivity (Wildman–Crippen MR) is 157 cm³/mol. The minimum Gasteiger partial charge on any atom is -0.340 e. The number of para-hydroxylation sites is 1. The van der Waals surface area contributed by atoms with Crippen LogP contribution in [0, 0.1) is 35.4 Å². The number of halogens is 3. The van der Waals surface area contributed by atoms with Gasteiger partial charge in [0.1, 0.15) is 17.5 Å². The van der Waals surface area contributed by atoms with Gasteiger partial charge in [-0.05, 0) is 41.5 Å². The number of nitrogens with zero attached hydrogens (tertiary/aromatic N) is 3. The molecule has 1 saturated heterocycles. The smallest absolute Gasteiger partial charge is 0.302 e. The molecule has 0 bridgehead atoms. The van der Waals surface area contributed by atoms with Crippen molar-refractivity contribution in [2.24, 2.45) is 11.3 Å². The number of amides is 4. The molecule has 2 aromatic rings. The Bertz CT molecular complexity index is 1530. The van der Waals surface area contributed by atoms with Gasteiger partial charge in [0.2, 0.25) is 11.8 Å². The van der Waals surface area contributed by atoms with Crippen LogP contribution in [0.3, 0.4) is 0 Å². The van der Waals surface area contributed by atoms with Gasteiger partial charge in [-0.25, -0.2) is 19.7 Å². The highest BCUT2D eigenvalue weighted by Gasteiger charge is 2.59. The molecule has 0 radical (unpaired) electrons. The monoisotopic (exact) mass is 611 g/mol. The second kappa shape index (κ2) is 11.9. The van der Waals surface area contributed by atoms with Gasteiger partial charge in [0.05, 0.1) is 6.42 Å². The van der Waals surface area contributed by atoms with E-state index in [2.05, 4.69) is 15.5 Å². The third-order valence-corrected chi connectivity index (χ3v) is 8.26. The highest BCUT2D eigenvalue weighted by Crippen LogP contribution is 2.47. The Morgan fingerprint density at radius 3 is 2.34 bits per heavy atom. The Kier molecular flexibility index (Phi) is 8.82. The van der Waals surface area contributed by atoms with Crippen LogP contribution in [0.2, 0.25) is 0 Å². The van der Waals surface area contributed by atoms with Gasteiger partial charge in [-0.1, -0.05) is 52.8 Å². The molecule has 1 spiro atoms. The maximum atomic E-state index is 14.3. The molecule has 44 heavy (non-hydrogen) atoms. The second-order valence-electron chi connectivity index (χ2n) is 13.0. The number of carbonyl (C=O) groups excluding carboxylic acids is 4. The van der Waals surface area contributed by atoms with E-state index in [1.165, 1.54) is 16.8 Å². The number of nitrogens with one attached hydrogen (secondary N) is 2. The van der Waals surface area contributed by atoms with Gasteiger partial charge in [0.15, 0.2) is 17.5 Å². The van der Waals surface area contributed by atoms with E-state index >= 15 is 0 Å². The van der Waals surface area contributed by atoms with Crippen molar-refractivity contribution in [1.82, 2.24) is 15.1 Å². The molecule has 9 nitrogen and oxygen atoms in total. The number of anilines is 1. The number of benzene rings is 2. The Morgan fingerprint density at radius 1 is 1.16 bits per heavy atom. The summed E-state index contributed by atoms with van der Waals surface area (Å²) in [5, 5.41) is 5.34. The molecule has 4 amide bonds. The fourth-order valence-electron chi connectivity index (χ4n) is 5.92. The molecule has 0 saturated carbocycles. The zero-order valence-corrected chi connectivity index (χ0v) is 25.5. The molecule has 0 aliphatic carbocycles. The van der Waals surface area contributed by atoms with E-state index in [0.29, 0.717) is 23.4 Å². The van der Waals surface area contributed by atoms with Crippen molar-refractivity contribution in [2.45, 2.75) is 71.1 Å². The molecule has 12 heteroatoms. The first-order valence-corrected chi connectivity index (χ1v) is 14.3. The number of likely N-dealkylation sites (N-methyl/N-ethyl adjacent to an activating group) is 1. The van der Waals surface area contributed by atoms with Gasteiger partial charge in [-0.15, -0.1) is 0 Å². The summed E-state index contributed by atoms with van der Waals surface area (Å²) in [7, 11) is 1.42. The molecular formula is C32H36F3N5O4. The summed E-state index contributed by atoms with van der Waals surface area (Å²) in [6.07, 6.45) is -0.659. The highest BCUT2D eigenvalue weighted by molar-refractivity contribution is 6.07. The lowest BCUT2D eigenvalue weighted by Gasteiger charge is -2.37.